The van der Waals surface area contributed by atoms with Gasteiger partial charge in [-0.05, 0) is 37.1 Å². The number of benzene rings is 1. The third-order valence-electron chi connectivity index (χ3n) is 2.57. The Bertz CT molecular complexity index is 438. The predicted octanol–water partition coefficient (Wildman–Crippen LogP) is 2.05. The molecule has 2 amide bonds. The molecule has 0 aliphatic heterocycles. The molecule has 17 heavy (non-hydrogen) atoms. The zero-order valence-corrected chi connectivity index (χ0v) is 10.8. The molecule has 0 heterocycles. The van der Waals surface area contributed by atoms with E-state index >= 15 is 0 Å². The molecule has 0 radical (unpaired) electrons. The van der Waals surface area contributed by atoms with Crippen LogP contribution in [0.25, 0.3) is 0 Å². The van der Waals surface area contributed by atoms with E-state index < -0.39 is 10.8 Å². The molecule has 1 fully saturated rings. The molecule has 1 aliphatic carbocycles. The Hall–Kier alpha value is -1.36. The second-order valence-corrected chi connectivity index (χ2v) is 6.08. The van der Waals surface area contributed by atoms with Gasteiger partial charge < -0.3 is 10.2 Å². The van der Waals surface area contributed by atoms with E-state index in [0.717, 1.165) is 23.4 Å². The molecule has 1 aromatic carbocycles. The predicted molar refractivity (Wildman–Crippen MR) is 68.6 cm³/mol. The van der Waals surface area contributed by atoms with E-state index in [1.807, 2.05) is 12.1 Å². The van der Waals surface area contributed by atoms with Gasteiger partial charge in [0.25, 0.3) is 0 Å². The number of hydrogen-bond donors (Lipinski definition) is 1. The van der Waals surface area contributed by atoms with Gasteiger partial charge in [-0.15, -0.1) is 0 Å². The Morgan fingerprint density at radius 3 is 2.35 bits per heavy atom. The maximum atomic E-state index is 11.9. The van der Waals surface area contributed by atoms with Crippen molar-refractivity contribution in [2.45, 2.75) is 23.0 Å². The van der Waals surface area contributed by atoms with Crippen molar-refractivity contribution in [2.75, 3.05) is 19.4 Å². The first-order valence-corrected chi connectivity index (χ1v) is 6.78. The van der Waals surface area contributed by atoms with Crippen molar-refractivity contribution in [3.8, 4) is 0 Å². The van der Waals surface area contributed by atoms with E-state index in [1.165, 1.54) is 4.90 Å². The third kappa shape index (κ3) is 3.06. The Balaban J connectivity index is 2.02. The van der Waals surface area contributed by atoms with Crippen molar-refractivity contribution in [2.24, 2.45) is 0 Å². The Kier molecular flexibility index (Phi) is 3.47. The van der Waals surface area contributed by atoms with Crippen molar-refractivity contribution in [3.63, 3.8) is 0 Å². The lowest BCUT2D eigenvalue weighted by molar-refractivity contribution is 0.230. The second-order valence-electron chi connectivity index (χ2n) is 4.35. The van der Waals surface area contributed by atoms with Gasteiger partial charge in [0.05, 0.1) is 10.8 Å². The van der Waals surface area contributed by atoms with Crippen LogP contribution in [-0.4, -0.2) is 34.5 Å². The number of carbonyl (C=O) groups excluding carboxylic acids is 1. The quantitative estimate of drug-likeness (QED) is 0.895. The van der Waals surface area contributed by atoms with Crippen LogP contribution in [0.2, 0.25) is 0 Å². The number of urea groups is 1. The topological polar surface area (TPSA) is 49.4 Å². The van der Waals surface area contributed by atoms with Crippen molar-refractivity contribution in [1.29, 1.82) is 0 Å². The molecule has 5 heteroatoms. The molecule has 4 nitrogen and oxygen atoms in total. The summed E-state index contributed by atoms with van der Waals surface area (Å²) in [5, 5.41) is 3.09. The molecule has 1 aliphatic rings. The standard InChI is InChI=1S/C12H16N2O2S/c1-14(2)12(15)13-9-3-5-10(6-4-9)17(16)11-7-8-11/h3-6,11H,7-8H2,1-2H3,(H,13,15). The van der Waals surface area contributed by atoms with Gasteiger partial charge in [0.1, 0.15) is 0 Å². The van der Waals surface area contributed by atoms with Crippen molar-refractivity contribution in [1.82, 2.24) is 4.90 Å². The molecular formula is C12H16N2O2S. The van der Waals surface area contributed by atoms with Gasteiger partial charge in [-0.1, -0.05) is 0 Å². The minimum Gasteiger partial charge on any atom is -0.331 e. The van der Waals surface area contributed by atoms with E-state index in [2.05, 4.69) is 5.32 Å². The molecule has 0 saturated heterocycles. The largest absolute Gasteiger partial charge is 0.331 e. The SMILES string of the molecule is CN(C)C(=O)Nc1ccc(S(=O)C2CC2)cc1. The molecule has 1 unspecified atom stereocenters. The molecule has 0 bridgehead atoms. The van der Waals surface area contributed by atoms with Crippen LogP contribution in [0.5, 0.6) is 0 Å². The van der Waals surface area contributed by atoms with Crippen LogP contribution in [0.1, 0.15) is 12.8 Å². The first-order chi connectivity index (χ1) is 8.08. The monoisotopic (exact) mass is 252 g/mol. The maximum Gasteiger partial charge on any atom is 0.321 e. The molecule has 1 aromatic rings. The molecular weight excluding hydrogens is 236 g/mol. The number of carbonyl (C=O) groups is 1. The number of amides is 2. The van der Waals surface area contributed by atoms with E-state index in [9.17, 15) is 9.00 Å². The van der Waals surface area contributed by atoms with E-state index in [4.69, 9.17) is 0 Å². The lowest BCUT2D eigenvalue weighted by Crippen LogP contribution is -2.27. The van der Waals surface area contributed by atoms with Crippen LogP contribution in [0.3, 0.4) is 0 Å². The van der Waals surface area contributed by atoms with Crippen LogP contribution in [0.15, 0.2) is 29.2 Å². The lowest BCUT2D eigenvalue weighted by atomic mass is 10.3. The first-order valence-electron chi connectivity index (χ1n) is 5.57. The Labute approximate surface area is 103 Å². The van der Waals surface area contributed by atoms with Gasteiger partial charge >= 0.3 is 6.03 Å². The minimum absolute atomic E-state index is 0.166. The summed E-state index contributed by atoms with van der Waals surface area (Å²) in [6.07, 6.45) is 2.12. The van der Waals surface area contributed by atoms with Gasteiger partial charge in [0.15, 0.2) is 0 Å². The number of anilines is 1. The highest BCUT2D eigenvalue weighted by molar-refractivity contribution is 7.86. The van der Waals surface area contributed by atoms with Gasteiger partial charge in [-0.3, -0.25) is 4.21 Å². The Morgan fingerprint density at radius 1 is 1.29 bits per heavy atom. The summed E-state index contributed by atoms with van der Waals surface area (Å²) < 4.78 is 11.9. The fourth-order valence-electron chi connectivity index (χ4n) is 1.38. The number of rotatable bonds is 3. The van der Waals surface area contributed by atoms with Crippen LogP contribution in [0, 0.1) is 0 Å². The Morgan fingerprint density at radius 2 is 1.88 bits per heavy atom. The number of hydrogen-bond acceptors (Lipinski definition) is 2. The zero-order chi connectivity index (χ0) is 12.4. The molecule has 0 spiro atoms. The highest BCUT2D eigenvalue weighted by atomic mass is 32.2. The van der Waals surface area contributed by atoms with Crippen molar-refractivity contribution in [3.05, 3.63) is 24.3 Å². The number of nitrogens with zero attached hydrogens (tertiary/aromatic N) is 1. The molecule has 1 N–H and O–H groups in total. The van der Waals surface area contributed by atoms with Gasteiger partial charge in [-0.2, -0.15) is 0 Å². The first kappa shape index (κ1) is 12.1. The summed E-state index contributed by atoms with van der Waals surface area (Å²) in [5.74, 6) is 0. The van der Waals surface area contributed by atoms with E-state index in [-0.39, 0.29) is 6.03 Å². The van der Waals surface area contributed by atoms with E-state index in [0.29, 0.717) is 5.25 Å². The van der Waals surface area contributed by atoms with Gasteiger partial charge in [-0.25, -0.2) is 4.79 Å². The van der Waals surface area contributed by atoms with Crippen molar-refractivity contribution >= 4 is 22.5 Å². The molecule has 1 saturated carbocycles. The normalized spacial score (nSPS) is 16.4. The fourth-order valence-corrected chi connectivity index (χ4v) is 2.74. The molecule has 1 atom stereocenters. The molecule has 0 aromatic heterocycles. The molecule has 2 rings (SSSR count). The van der Waals surface area contributed by atoms with Crippen LogP contribution in [0.4, 0.5) is 10.5 Å². The zero-order valence-electron chi connectivity index (χ0n) is 9.97. The average Bonchev–Trinajstić information content (AvgIpc) is 3.13. The summed E-state index contributed by atoms with van der Waals surface area (Å²) in [6, 6.07) is 7.05. The lowest BCUT2D eigenvalue weighted by Gasteiger charge is -2.12. The van der Waals surface area contributed by atoms with Gasteiger partial charge in [0, 0.05) is 29.9 Å². The minimum atomic E-state index is -0.877. The second kappa shape index (κ2) is 4.87. The van der Waals surface area contributed by atoms with Crippen LogP contribution in [-0.2, 0) is 10.8 Å². The van der Waals surface area contributed by atoms with Gasteiger partial charge in [0.2, 0.25) is 0 Å². The van der Waals surface area contributed by atoms with Crippen LogP contribution >= 0.6 is 0 Å². The highest BCUT2D eigenvalue weighted by Gasteiger charge is 2.29. The summed E-state index contributed by atoms with van der Waals surface area (Å²) in [4.78, 5) is 13.7. The summed E-state index contributed by atoms with van der Waals surface area (Å²) in [5.41, 5.74) is 0.722. The fraction of sp³-hybridized carbons (Fsp3) is 0.417. The number of nitrogens with one attached hydrogen (secondary N) is 1. The summed E-state index contributed by atoms with van der Waals surface area (Å²) >= 11 is 0. The summed E-state index contributed by atoms with van der Waals surface area (Å²) in [7, 11) is 2.50. The van der Waals surface area contributed by atoms with Crippen molar-refractivity contribution < 1.29 is 9.00 Å². The highest BCUT2D eigenvalue weighted by Crippen LogP contribution is 2.30. The smallest absolute Gasteiger partial charge is 0.321 e. The van der Waals surface area contributed by atoms with Crippen LogP contribution < -0.4 is 5.32 Å². The van der Waals surface area contributed by atoms with E-state index in [1.54, 1.807) is 26.2 Å². The summed E-state index contributed by atoms with van der Waals surface area (Å²) in [6.45, 7) is 0. The average molecular weight is 252 g/mol. The third-order valence-corrected chi connectivity index (χ3v) is 4.38. The molecule has 92 valence electrons. The maximum absolute atomic E-state index is 11.9.